The molecular weight excluding hydrogens is 532 g/mol. The van der Waals surface area contributed by atoms with Crippen LogP contribution in [-0.4, -0.2) is 11.2 Å². The minimum Gasteiger partial charge on any atom is -0.392 e. The highest BCUT2D eigenvalue weighted by Gasteiger charge is 2.69. The van der Waals surface area contributed by atoms with E-state index in [2.05, 4.69) is 67.5 Å². The van der Waals surface area contributed by atoms with Crippen LogP contribution in [0.4, 0.5) is 0 Å². The van der Waals surface area contributed by atoms with Crippen molar-refractivity contribution in [2.24, 2.45) is 56.7 Å². The lowest BCUT2D eigenvalue weighted by atomic mass is 9.32. The second-order valence-electron chi connectivity index (χ2n) is 17.7. The van der Waals surface area contributed by atoms with Crippen LogP contribution in [0.25, 0.3) is 0 Å². The van der Waals surface area contributed by atoms with E-state index in [-0.39, 0.29) is 11.5 Å². The van der Waals surface area contributed by atoms with Crippen LogP contribution in [0.15, 0.2) is 35.4 Å². The Morgan fingerprint density at radius 3 is 2.24 bits per heavy atom. The average Bonchev–Trinajstić information content (AvgIpc) is 3.34. The van der Waals surface area contributed by atoms with Gasteiger partial charge in [-0.1, -0.05) is 90.3 Å². The van der Waals surface area contributed by atoms with Gasteiger partial charge in [0.05, 0.1) is 6.10 Å². The highest BCUT2D eigenvalue weighted by Crippen LogP contribution is 2.77. The van der Waals surface area contributed by atoms with Gasteiger partial charge in [-0.15, -0.1) is 0 Å². The molecule has 42 heavy (non-hydrogen) atoms. The molecule has 5 aliphatic carbocycles. The fraction of sp³-hybridized carbons (Fsp3) is 0.800. The van der Waals surface area contributed by atoms with E-state index < -0.39 is 0 Å². The molecule has 0 saturated heterocycles. The maximum absolute atomic E-state index is 12.1. The third-order valence-electron chi connectivity index (χ3n) is 15.8. The van der Waals surface area contributed by atoms with E-state index in [1.54, 1.807) is 11.1 Å². The first kappa shape index (κ1) is 31.2. The zero-order chi connectivity index (χ0) is 30.3. The van der Waals surface area contributed by atoms with Crippen molar-refractivity contribution in [3.8, 4) is 0 Å². The number of hydrogen-bond acceptors (Lipinski definition) is 1. The van der Waals surface area contributed by atoms with E-state index in [1.807, 2.05) is 12.1 Å². The van der Waals surface area contributed by atoms with Crippen molar-refractivity contribution >= 4 is 11.6 Å². The summed E-state index contributed by atoms with van der Waals surface area (Å²) in [6.45, 7) is 20.9. The van der Waals surface area contributed by atoms with Crippen LogP contribution in [0.1, 0.15) is 138 Å². The van der Waals surface area contributed by atoms with Crippen molar-refractivity contribution < 1.29 is 5.11 Å². The molecule has 0 radical (unpaired) electrons. The van der Waals surface area contributed by atoms with E-state index in [0.717, 1.165) is 42.0 Å². The molecule has 1 unspecified atom stereocenters. The van der Waals surface area contributed by atoms with E-state index in [9.17, 15) is 5.11 Å². The largest absolute Gasteiger partial charge is 0.392 e. The summed E-state index contributed by atoms with van der Waals surface area (Å²) in [6.07, 6.45) is 16.0. The molecule has 9 atom stereocenters. The quantitative estimate of drug-likeness (QED) is 0.326. The standard InChI is InChI=1S/C40H61ClO/c1-26(2)30-19-23-40(34(42)11-9-10-28-12-14-29(41)15-13-28)25-24-38(7)31(35(30)40)16-17-33-37(6)21-18-27(3)36(4,5)32(37)20-22-39(33,38)8/h12-15,26-27,31-34,42H,9-11,16-25H2,1-8H3/t27-,31+,32-,33+,34?,37-,38+,39+,40+/m0/s1. The summed E-state index contributed by atoms with van der Waals surface area (Å²) in [4.78, 5) is 0. The molecule has 1 N–H and O–H groups in total. The zero-order valence-electron chi connectivity index (χ0n) is 28.3. The van der Waals surface area contributed by atoms with Crippen molar-refractivity contribution in [3.63, 3.8) is 0 Å². The van der Waals surface area contributed by atoms with Gasteiger partial charge in [0.25, 0.3) is 0 Å². The summed E-state index contributed by atoms with van der Waals surface area (Å²) in [5.74, 6) is 3.76. The SMILES string of the molecule is CC(C)C1=C2[C@H]3CC[C@@H]4[C@@]5(C)CC[C@H](C)C(C)(C)[C@@H]5CC[C@@]4(C)[C@]3(C)CC[C@@]2(C(O)CCCc2ccc(Cl)cc2)CC1. The molecule has 0 spiro atoms. The molecular formula is C40H61ClO. The van der Waals surface area contributed by atoms with Gasteiger partial charge >= 0.3 is 0 Å². The van der Waals surface area contributed by atoms with Crippen LogP contribution < -0.4 is 0 Å². The van der Waals surface area contributed by atoms with Gasteiger partial charge in [-0.2, -0.15) is 0 Å². The van der Waals surface area contributed by atoms with Gasteiger partial charge in [0.2, 0.25) is 0 Å². The number of benzene rings is 1. The van der Waals surface area contributed by atoms with Crippen molar-refractivity contribution in [2.75, 3.05) is 0 Å². The minimum absolute atomic E-state index is 0.0103. The fourth-order valence-electron chi connectivity index (χ4n) is 12.8. The first-order valence-electron chi connectivity index (χ1n) is 17.9. The molecule has 6 rings (SSSR count). The van der Waals surface area contributed by atoms with Crippen LogP contribution in [0.3, 0.4) is 0 Å². The summed E-state index contributed by atoms with van der Waals surface area (Å²) in [5.41, 5.74) is 6.49. The summed E-state index contributed by atoms with van der Waals surface area (Å²) in [6, 6.07) is 8.30. The van der Waals surface area contributed by atoms with Gasteiger partial charge in [-0.25, -0.2) is 0 Å². The van der Waals surface area contributed by atoms with Gasteiger partial charge < -0.3 is 5.11 Å². The third-order valence-corrected chi connectivity index (χ3v) is 16.0. The number of hydrogen-bond donors (Lipinski definition) is 1. The molecule has 1 aromatic carbocycles. The molecule has 4 saturated carbocycles. The molecule has 2 heteroatoms. The van der Waals surface area contributed by atoms with Crippen LogP contribution in [0.2, 0.25) is 5.02 Å². The highest BCUT2D eigenvalue weighted by molar-refractivity contribution is 6.30. The summed E-state index contributed by atoms with van der Waals surface area (Å²) < 4.78 is 0. The lowest BCUT2D eigenvalue weighted by molar-refractivity contribution is -0.222. The topological polar surface area (TPSA) is 20.2 Å². The Balaban J connectivity index is 1.30. The number of fused-ring (bicyclic) bond motifs is 7. The molecule has 0 heterocycles. The molecule has 234 valence electrons. The zero-order valence-corrected chi connectivity index (χ0v) is 29.0. The third kappa shape index (κ3) is 4.39. The Labute approximate surface area is 263 Å². The van der Waals surface area contributed by atoms with Crippen molar-refractivity contribution in [2.45, 2.75) is 145 Å². The smallest absolute Gasteiger partial charge is 0.0634 e. The van der Waals surface area contributed by atoms with Crippen LogP contribution >= 0.6 is 11.6 Å². The van der Waals surface area contributed by atoms with Gasteiger partial charge in [0.15, 0.2) is 0 Å². The number of rotatable bonds is 6. The first-order chi connectivity index (χ1) is 19.7. The summed E-state index contributed by atoms with van der Waals surface area (Å²) in [5, 5.41) is 13.0. The lowest BCUT2D eigenvalue weighted by Crippen LogP contribution is -2.65. The lowest BCUT2D eigenvalue weighted by Gasteiger charge is -2.72. The molecule has 0 aromatic heterocycles. The molecule has 1 aromatic rings. The van der Waals surface area contributed by atoms with E-state index in [1.165, 1.54) is 69.8 Å². The Bertz CT molecular complexity index is 1190. The van der Waals surface area contributed by atoms with E-state index in [0.29, 0.717) is 33.5 Å². The summed E-state index contributed by atoms with van der Waals surface area (Å²) >= 11 is 6.13. The van der Waals surface area contributed by atoms with Gasteiger partial charge in [0.1, 0.15) is 0 Å². The Morgan fingerprint density at radius 1 is 0.833 bits per heavy atom. The molecule has 5 aliphatic rings. The number of aryl methyl sites for hydroxylation is 1. The number of allylic oxidation sites excluding steroid dienone is 1. The van der Waals surface area contributed by atoms with Crippen LogP contribution in [-0.2, 0) is 6.42 Å². The second-order valence-corrected chi connectivity index (χ2v) is 18.1. The maximum atomic E-state index is 12.1. The van der Waals surface area contributed by atoms with Crippen molar-refractivity contribution in [1.29, 1.82) is 0 Å². The maximum Gasteiger partial charge on any atom is 0.0634 e. The average molecular weight is 593 g/mol. The monoisotopic (exact) mass is 592 g/mol. The van der Waals surface area contributed by atoms with E-state index in [4.69, 9.17) is 11.6 Å². The highest BCUT2D eigenvalue weighted by atomic mass is 35.5. The molecule has 0 amide bonds. The number of aliphatic hydroxyl groups is 1. The van der Waals surface area contributed by atoms with Gasteiger partial charge in [0, 0.05) is 10.4 Å². The van der Waals surface area contributed by atoms with Gasteiger partial charge in [-0.3, -0.25) is 0 Å². The predicted octanol–water partition coefficient (Wildman–Crippen LogP) is 11.5. The van der Waals surface area contributed by atoms with Crippen LogP contribution in [0.5, 0.6) is 0 Å². The van der Waals surface area contributed by atoms with Crippen molar-refractivity contribution in [3.05, 3.63) is 46.0 Å². The Morgan fingerprint density at radius 2 is 1.55 bits per heavy atom. The minimum atomic E-state index is -0.222. The predicted molar refractivity (Wildman–Crippen MR) is 179 cm³/mol. The molecule has 4 fully saturated rings. The second kappa shape index (κ2) is 10.6. The molecule has 0 bridgehead atoms. The van der Waals surface area contributed by atoms with Crippen LogP contribution in [0, 0.1) is 56.7 Å². The number of halogens is 1. The fourth-order valence-corrected chi connectivity index (χ4v) is 13.0. The Hall–Kier alpha value is -0.790. The number of aliphatic hydroxyl groups excluding tert-OH is 1. The normalized spacial score (nSPS) is 43.4. The Kier molecular flexibility index (Phi) is 7.91. The first-order valence-corrected chi connectivity index (χ1v) is 18.2. The molecule has 0 aliphatic heterocycles. The van der Waals surface area contributed by atoms with Crippen molar-refractivity contribution in [1.82, 2.24) is 0 Å². The molecule has 1 nitrogen and oxygen atoms in total. The summed E-state index contributed by atoms with van der Waals surface area (Å²) in [7, 11) is 0. The van der Waals surface area contributed by atoms with E-state index >= 15 is 0 Å². The van der Waals surface area contributed by atoms with Gasteiger partial charge in [-0.05, 0) is 152 Å².